The number of aliphatic hydroxyl groups is 1. The van der Waals surface area contributed by atoms with E-state index in [9.17, 15) is 24.8 Å². The molecule has 0 saturated carbocycles. The number of rotatable bonds is 6. The molecule has 0 aliphatic carbocycles. The zero-order chi connectivity index (χ0) is 17.2. The van der Waals surface area contributed by atoms with Crippen LogP contribution in [0.4, 0.5) is 10.5 Å². The number of nitrogens with zero attached hydrogens (tertiary/aromatic N) is 2. The summed E-state index contributed by atoms with van der Waals surface area (Å²) in [4.78, 5) is 34.6. The van der Waals surface area contributed by atoms with Gasteiger partial charge in [-0.2, -0.15) is 0 Å². The van der Waals surface area contributed by atoms with Crippen LogP contribution >= 0.6 is 0 Å². The summed E-state index contributed by atoms with van der Waals surface area (Å²) in [6.45, 7) is 2.80. The van der Waals surface area contributed by atoms with Crippen molar-refractivity contribution in [1.29, 1.82) is 0 Å². The second-order valence-corrected chi connectivity index (χ2v) is 5.69. The predicted molar refractivity (Wildman–Crippen MR) is 78.9 cm³/mol. The van der Waals surface area contributed by atoms with E-state index < -0.39 is 28.5 Å². The second kappa shape index (κ2) is 6.21. The summed E-state index contributed by atoms with van der Waals surface area (Å²) in [5.41, 5.74) is -1.06. The quantitative estimate of drug-likeness (QED) is 0.450. The summed E-state index contributed by atoms with van der Waals surface area (Å²) in [5, 5.41) is 23.0. The normalized spacial score (nSPS) is 17.8. The molecular weight excluding hydrogens is 306 g/mol. The molecular formula is C14H17N3O6. The van der Waals surface area contributed by atoms with Gasteiger partial charge in [0.2, 0.25) is 0 Å². The third kappa shape index (κ3) is 3.75. The molecule has 1 aromatic rings. The Balaban J connectivity index is 1.88. The van der Waals surface area contributed by atoms with Crippen LogP contribution in [0.1, 0.15) is 13.8 Å². The fourth-order valence-corrected chi connectivity index (χ4v) is 2.10. The van der Waals surface area contributed by atoms with E-state index in [0.717, 1.165) is 4.90 Å². The lowest BCUT2D eigenvalue weighted by Crippen LogP contribution is -2.42. The number of urea groups is 1. The average molecular weight is 323 g/mol. The molecule has 1 aliphatic heterocycles. The number of benzene rings is 1. The van der Waals surface area contributed by atoms with Crippen molar-refractivity contribution in [3.8, 4) is 5.75 Å². The molecule has 0 unspecified atom stereocenters. The van der Waals surface area contributed by atoms with Crippen LogP contribution in [0.3, 0.4) is 0 Å². The van der Waals surface area contributed by atoms with Crippen LogP contribution in [0.25, 0.3) is 0 Å². The van der Waals surface area contributed by atoms with Crippen LogP contribution < -0.4 is 10.1 Å². The van der Waals surface area contributed by atoms with Crippen LogP contribution in [0.2, 0.25) is 0 Å². The number of hydrogen-bond acceptors (Lipinski definition) is 6. The molecule has 0 bridgehead atoms. The van der Waals surface area contributed by atoms with Crippen molar-refractivity contribution in [2.24, 2.45) is 0 Å². The number of amides is 3. The molecule has 1 heterocycles. The standard InChI is InChI=1S/C14H17N3O6/c1-14(2)12(19)16(13(20)15-14)7-10(18)8-23-11-5-3-9(4-6-11)17(21)22/h3-6,10,18H,7-8H2,1-2H3,(H,15,20)/t10-/m1/s1. The molecule has 1 aromatic carbocycles. The van der Waals surface area contributed by atoms with Crippen molar-refractivity contribution in [3.05, 3.63) is 34.4 Å². The maximum Gasteiger partial charge on any atom is 0.325 e. The van der Waals surface area contributed by atoms with E-state index in [0.29, 0.717) is 5.75 Å². The second-order valence-electron chi connectivity index (χ2n) is 5.69. The molecule has 1 aliphatic rings. The highest BCUT2D eigenvalue weighted by atomic mass is 16.6. The molecule has 0 aromatic heterocycles. The van der Waals surface area contributed by atoms with Gasteiger partial charge in [0, 0.05) is 12.1 Å². The van der Waals surface area contributed by atoms with Gasteiger partial charge in [-0.1, -0.05) is 0 Å². The summed E-state index contributed by atoms with van der Waals surface area (Å²) in [6, 6.07) is 4.81. The van der Waals surface area contributed by atoms with Gasteiger partial charge in [-0.05, 0) is 26.0 Å². The fourth-order valence-electron chi connectivity index (χ4n) is 2.10. The highest BCUT2D eigenvalue weighted by Gasteiger charge is 2.44. The predicted octanol–water partition coefficient (Wildman–Crippen LogP) is 0.665. The minimum absolute atomic E-state index is 0.0699. The molecule has 2 N–H and O–H groups in total. The van der Waals surface area contributed by atoms with Gasteiger partial charge in [-0.3, -0.25) is 19.8 Å². The summed E-state index contributed by atoms with van der Waals surface area (Å²) in [6.07, 6.45) is -1.08. The molecule has 1 atom stereocenters. The number of hydrogen-bond donors (Lipinski definition) is 2. The Bertz CT molecular complexity index is 628. The van der Waals surface area contributed by atoms with Crippen molar-refractivity contribution in [3.63, 3.8) is 0 Å². The van der Waals surface area contributed by atoms with Crippen LogP contribution in [0.5, 0.6) is 5.75 Å². The molecule has 9 heteroatoms. The lowest BCUT2D eigenvalue weighted by atomic mass is 10.1. The van der Waals surface area contributed by atoms with Crippen molar-refractivity contribution in [2.75, 3.05) is 13.2 Å². The Morgan fingerprint density at radius 3 is 2.43 bits per heavy atom. The molecule has 0 radical (unpaired) electrons. The largest absolute Gasteiger partial charge is 0.491 e. The van der Waals surface area contributed by atoms with Crippen molar-refractivity contribution >= 4 is 17.6 Å². The zero-order valence-electron chi connectivity index (χ0n) is 12.7. The van der Waals surface area contributed by atoms with E-state index in [2.05, 4.69) is 5.32 Å². The molecule has 3 amide bonds. The number of carbonyl (C=O) groups is 2. The number of ether oxygens (including phenoxy) is 1. The topological polar surface area (TPSA) is 122 Å². The SMILES string of the molecule is CC1(C)NC(=O)N(C[C@@H](O)COc2ccc([N+](=O)[O-])cc2)C1=O. The Kier molecular flexibility index (Phi) is 4.50. The molecule has 9 nitrogen and oxygen atoms in total. The first-order valence-electron chi connectivity index (χ1n) is 6.90. The lowest BCUT2D eigenvalue weighted by molar-refractivity contribution is -0.384. The van der Waals surface area contributed by atoms with E-state index in [-0.39, 0.29) is 18.8 Å². The number of nitrogens with one attached hydrogen (secondary N) is 1. The van der Waals surface area contributed by atoms with Gasteiger partial charge in [-0.15, -0.1) is 0 Å². The van der Waals surface area contributed by atoms with E-state index in [1.807, 2.05) is 0 Å². The summed E-state index contributed by atoms with van der Waals surface area (Å²) in [7, 11) is 0. The summed E-state index contributed by atoms with van der Waals surface area (Å²) in [5.74, 6) is -0.0796. The molecule has 2 rings (SSSR count). The van der Waals surface area contributed by atoms with Crippen molar-refractivity contribution in [1.82, 2.24) is 10.2 Å². The van der Waals surface area contributed by atoms with Crippen molar-refractivity contribution in [2.45, 2.75) is 25.5 Å². The first-order chi connectivity index (χ1) is 10.7. The Morgan fingerprint density at radius 1 is 1.35 bits per heavy atom. The lowest BCUT2D eigenvalue weighted by Gasteiger charge is -2.19. The highest BCUT2D eigenvalue weighted by molar-refractivity contribution is 6.06. The van der Waals surface area contributed by atoms with Gasteiger partial charge in [0.1, 0.15) is 24.0 Å². The summed E-state index contributed by atoms with van der Waals surface area (Å²) < 4.78 is 5.29. The number of β-amino-alcohol motifs (C(OH)–C–C–N with tert-alkyl or cyclic N) is 1. The maximum atomic E-state index is 12.0. The third-order valence-corrected chi connectivity index (χ3v) is 3.33. The van der Waals surface area contributed by atoms with Gasteiger partial charge in [-0.25, -0.2) is 4.79 Å². The monoisotopic (exact) mass is 323 g/mol. The van der Waals surface area contributed by atoms with Crippen LogP contribution in [0.15, 0.2) is 24.3 Å². The number of nitro benzene ring substituents is 1. The summed E-state index contributed by atoms with van der Waals surface area (Å²) >= 11 is 0. The van der Waals surface area contributed by atoms with Crippen LogP contribution in [-0.2, 0) is 4.79 Å². The fraction of sp³-hybridized carbons (Fsp3) is 0.429. The van der Waals surface area contributed by atoms with Crippen LogP contribution in [0, 0.1) is 10.1 Å². The van der Waals surface area contributed by atoms with Gasteiger partial charge < -0.3 is 15.2 Å². The van der Waals surface area contributed by atoms with E-state index in [1.165, 1.54) is 24.3 Å². The zero-order valence-corrected chi connectivity index (χ0v) is 12.7. The maximum absolute atomic E-state index is 12.0. The first-order valence-corrected chi connectivity index (χ1v) is 6.90. The Hall–Kier alpha value is -2.68. The minimum Gasteiger partial charge on any atom is -0.491 e. The number of nitro groups is 1. The Labute approximate surface area is 132 Å². The smallest absolute Gasteiger partial charge is 0.325 e. The van der Waals surface area contributed by atoms with E-state index in [1.54, 1.807) is 13.8 Å². The van der Waals surface area contributed by atoms with Gasteiger partial charge in [0.25, 0.3) is 11.6 Å². The molecule has 1 fully saturated rings. The number of aliphatic hydroxyl groups excluding tert-OH is 1. The Morgan fingerprint density at radius 2 is 1.96 bits per heavy atom. The molecule has 1 saturated heterocycles. The van der Waals surface area contributed by atoms with Crippen LogP contribution in [-0.4, -0.2) is 51.7 Å². The van der Waals surface area contributed by atoms with E-state index >= 15 is 0 Å². The molecule has 0 spiro atoms. The highest BCUT2D eigenvalue weighted by Crippen LogP contribution is 2.19. The number of non-ortho nitro benzene ring substituents is 1. The minimum atomic E-state index is -1.08. The van der Waals surface area contributed by atoms with Gasteiger partial charge >= 0.3 is 6.03 Å². The van der Waals surface area contributed by atoms with Gasteiger partial charge in [0.15, 0.2) is 0 Å². The average Bonchev–Trinajstić information content (AvgIpc) is 2.67. The third-order valence-electron chi connectivity index (χ3n) is 3.33. The molecule has 124 valence electrons. The van der Waals surface area contributed by atoms with Gasteiger partial charge in [0.05, 0.1) is 11.5 Å². The van der Waals surface area contributed by atoms with Crippen molar-refractivity contribution < 1.29 is 24.4 Å². The first kappa shape index (κ1) is 16.7. The molecule has 23 heavy (non-hydrogen) atoms. The number of imide groups is 1. The number of carbonyl (C=O) groups excluding carboxylic acids is 2. The van der Waals surface area contributed by atoms with E-state index in [4.69, 9.17) is 4.74 Å².